The molecule has 14 heteroatoms. The summed E-state index contributed by atoms with van der Waals surface area (Å²) in [7, 11) is 0. The van der Waals surface area contributed by atoms with Crippen LogP contribution in [0.3, 0.4) is 0 Å². The fourth-order valence-corrected chi connectivity index (χ4v) is 2.88. The molecule has 3 rings (SSSR count). The first-order chi connectivity index (χ1) is 13.3. The molecule has 0 unspecified atom stereocenters. The second-order valence-electron chi connectivity index (χ2n) is 5.40. The quantitative estimate of drug-likeness (QED) is 0.310. The third-order valence-corrected chi connectivity index (χ3v) is 4.39. The van der Waals surface area contributed by atoms with E-state index in [4.69, 9.17) is 24.4 Å². The number of aromatic amines is 2. The highest BCUT2D eigenvalue weighted by Crippen LogP contribution is 2.30. The van der Waals surface area contributed by atoms with Crippen LogP contribution in [0, 0.1) is 9.54 Å². The van der Waals surface area contributed by atoms with Crippen LogP contribution in [-0.2, 0) is 13.5 Å². The number of benzene rings is 1. The maximum absolute atomic E-state index is 11.7. The van der Waals surface area contributed by atoms with E-state index < -0.39 is 25.4 Å². The molecular formula is C14H12N6O6S2. The van der Waals surface area contributed by atoms with Gasteiger partial charge in [0, 0.05) is 11.1 Å². The molecule has 0 aliphatic rings. The summed E-state index contributed by atoms with van der Waals surface area (Å²) in [6, 6.07) is 2.20. The Hall–Kier alpha value is -3.20. The molecule has 0 aliphatic heterocycles. The third kappa shape index (κ3) is 3.36. The summed E-state index contributed by atoms with van der Waals surface area (Å²) in [5.74, 6) is -2.77. The van der Waals surface area contributed by atoms with E-state index in [9.17, 15) is 30.0 Å². The van der Waals surface area contributed by atoms with Crippen molar-refractivity contribution >= 4 is 36.4 Å². The number of H-pyrrole nitrogens is 2. The Labute approximate surface area is 165 Å². The molecule has 0 saturated heterocycles. The van der Waals surface area contributed by atoms with Crippen molar-refractivity contribution in [2.75, 3.05) is 0 Å². The van der Waals surface area contributed by atoms with Crippen molar-refractivity contribution in [2.24, 2.45) is 0 Å². The molecule has 2 aromatic heterocycles. The number of aromatic nitrogens is 6. The number of aliphatic hydroxyl groups is 2. The summed E-state index contributed by atoms with van der Waals surface area (Å²) in [4.78, 5) is 31.4. The number of nitrogens with one attached hydrogen (secondary N) is 2. The molecule has 12 nitrogen and oxygen atoms in total. The first-order valence-electron chi connectivity index (χ1n) is 7.47. The van der Waals surface area contributed by atoms with Gasteiger partial charge in [-0.3, -0.25) is 10.2 Å². The van der Waals surface area contributed by atoms with Crippen molar-refractivity contribution in [2.45, 2.75) is 13.5 Å². The third-order valence-electron chi connectivity index (χ3n) is 3.77. The van der Waals surface area contributed by atoms with E-state index in [0.29, 0.717) is 0 Å². The number of aromatic carboxylic acids is 2. The lowest BCUT2D eigenvalue weighted by molar-refractivity contribution is 0.0696. The molecule has 146 valence electrons. The highest BCUT2D eigenvalue weighted by molar-refractivity contribution is 7.71. The van der Waals surface area contributed by atoms with E-state index in [-0.39, 0.29) is 43.4 Å². The Morgan fingerprint density at radius 2 is 1.25 bits per heavy atom. The van der Waals surface area contributed by atoms with Crippen molar-refractivity contribution in [3.05, 3.63) is 32.8 Å². The van der Waals surface area contributed by atoms with Crippen LogP contribution in [0.2, 0.25) is 0 Å². The molecule has 3 aromatic rings. The Kier molecular flexibility index (Phi) is 5.19. The molecule has 0 saturated carbocycles. The first kappa shape index (κ1) is 19.6. The first-order valence-corrected chi connectivity index (χ1v) is 8.29. The van der Waals surface area contributed by atoms with E-state index in [1.807, 2.05) is 0 Å². The van der Waals surface area contributed by atoms with Crippen LogP contribution in [0.1, 0.15) is 20.7 Å². The van der Waals surface area contributed by atoms with E-state index in [1.165, 1.54) is 6.07 Å². The van der Waals surface area contributed by atoms with Crippen LogP contribution >= 0.6 is 24.4 Å². The van der Waals surface area contributed by atoms with Gasteiger partial charge in [-0.2, -0.15) is 9.97 Å². The summed E-state index contributed by atoms with van der Waals surface area (Å²) >= 11 is 9.93. The lowest BCUT2D eigenvalue weighted by Gasteiger charge is -2.10. The fraction of sp³-hybridized carbons (Fsp3) is 0.143. The highest BCUT2D eigenvalue weighted by atomic mass is 32.1. The molecule has 0 atom stereocenters. The highest BCUT2D eigenvalue weighted by Gasteiger charge is 2.24. The minimum absolute atomic E-state index is 0.00910. The molecule has 1 aromatic carbocycles. The van der Waals surface area contributed by atoms with E-state index >= 15 is 0 Å². The number of carbonyl (C=O) groups is 2. The number of hydrogen-bond donors (Lipinski definition) is 6. The number of rotatable bonds is 6. The maximum Gasteiger partial charge on any atom is 0.336 e. The number of carboxylic acids is 2. The largest absolute Gasteiger partial charge is 0.478 e. The topological polar surface area (TPSA) is 182 Å². The maximum atomic E-state index is 11.7. The Morgan fingerprint density at radius 3 is 1.54 bits per heavy atom. The van der Waals surface area contributed by atoms with Crippen LogP contribution in [0.4, 0.5) is 0 Å². The minimum atomic E-state index is -1.39. The fourth-order valence-electron chi connectivity index (χ4n) is 2.49. The molecule has 2 heterocycles. The minimum Gasteiger partial charge on any atom is -0.478 e. The van der Waals surface area contributed by atoms with Crippen LogP contribution in [0.5, 0.6) is 0 Å². The molecule has 28 heavy (non-hydrogen) atoms. The standard InChI is InChI=1S/C14H12N6O6S2/c21-3-19-13(27)15-9(17-19)5-1-6(10-16-14(28)20(4-22)18-10)8(12(25)26)2-7(5)11(23)24/h1-2,21-22H,3-4H2,(H,23,24)(H,25,26)(H,15,17,27)(H,16,18,28). The van der Waals surface area contributed by atoms with Crippen LogP contribution in [-0.4, -0.2) is 61.9 Å². The lowest BCUT2D eigenvalue weighted by atomic mass is 9.97. The molecule has 0 radical (unpaired) electrons. The van der Waals surface area contributed by atoms with Gasteiger partial charge in [-0.05, 0) is 36.6 Å². The number of carboxylic acid groups (broad SMARTS) is 2. The van der Waals surface area contributed by atoms with Crippen molar-refractivity contribution in [3.8, 4) is 22.8 Å². The van der Waals surface area contributed by atoms with Gasteiger partial charge in [-0.25, -0.2) is 19.0 Å². The number of aliphatic hydroxyl groups excluding tert-OH is 2. The SMILES string of the molecule is O=C(O)c1cc(C(=O)O)c(-c2nc(=S)n(CO)[nH]2)cc1-c1nc(=S)n(CO)[nH]1. The normalized spacial score (nSPS) is 10.9. The molecule has 0 amide bonds. The second kappa shape index (κ2) is 7.43. The summed E-state index contributed by atoms with van der Waals surface area (Å²) in [5.41, 5.74) is -0.669. The molecule has 0 aliphatic carbocycles. The predicted octanol–water partition coefficient (Wildman–Crippen LogP) is 0.825. The lowest BCUT2D eigenvalue weighted by Crippen LogP contribution is -2.08. The van der Waals surface area contributed by atoms with Gasteiger partial charge < -0.3 is 20.4 Å². The van der Waals surface area contributed by atoms with Gasteiger partial charge in [-0.15, -0.1) is 0 Å². The van der Waals surface area contributed by atoms with Crippen LogP contribution in [0.25, 0.3) is 22.8 Å². The van der Waals surface area contributed by atoms with Gasteiger partial charge in [-0.1, -0.05) is 0 Å². The second-order valence-corrected chi connectivity index (χ2v) is 6.13. The van der Waals surface area contributed by atoms with Gasteiger partial charge in [0.25, 0.3) is 0 Å². The zero-order valence-electron chi connectivity index (χ0n) is 13.8. The molecule has 0 spiro atoms. The molecule has 0 fully saturated rings. The average molecular weight is 424 g/mol. The van der Waals surface area contributed by atoms with Crippen molar-refractivity contribution in [3.63, 3.8) is 0 Å². The zero-order chi connectivity index (χ0) is 20.6. The summed E-state index contributed by atoms with van der Waals surface area (Å²) in [5, 5.41) is 42.8. The van der Waals surface area contributed by atoms with Crippen LogP contribution in [0.15, 0.2) is 12.1 Å². The van der Waals surface area contributed by atoms with E-state index in [2.05, 4.69) is 20.2 Å². The molecule has 6 N–H and O–H groups in total. The van der Waals surface area contributed by atoms with Crippen LogP contribution < -0.4 is 0 Å². The van der Waals surface area contributed by atoms with Crippen molar-refractivity contribution in [1.82, 2.24) is 29.5 Å². The summed E-state index contributed by atoms with van der Waals surface area (Å²) < 4.78 is 2.13. The Balaban J connectivity index is 2.35. The van der Waals surface area contributed by atoms with Gasteiger partial charge >= 0.3 is 11.9 Å². The van der Waals surface area contributed by atoms with Crippen molar-refractivity contribution < 1.29 is 30.0 Å². The smallest absolute Gasteiger partial charge is 0.336 e. The molecular weight excluding hydrogens is 412 g/mol. The van der Waals surface area contributed by atoms with Gasteiger partial charge in [0.15, 0.2) is 11.6 Å². The Bertz CT molecular complexity index is 1120. The zero-order valence-corrected chi connectivity index (χ0v) is 15.4. The van der Waals surface area contributed by atoms with E-state index in [1.54, 1.807) is 0 Å². The average Bonchev–Trinajstić information content (AvgIpc) is 3.22. The summed E-state index contributed by atoms with van der Waals surface area (Å²) in [6.45, 7) is -1.02. The van der Waals surface area contributed by atoms with Crippen molar-refractivity contribution in [1.29, 1.82) is 0 Å². The Morgan fingerprint density at radius 1 is 0.857 bits per heavy atom. The van der Waals surface area contributed by atoms with E-state index in [0.717, 1.165) is 15.4 Å². The van der Waals surface area contributed by atoms with Gasteiger partial charge in [0.05, 0.1) is 11.1 Å². The van der Waals surface area contributed by atoms with Gasteiger partial charge in [0.2, 0.25) is 9.54 Å². The molecule has 0 bridgehead atoms. The van der Waals surface area contributed by atoms with Gasteiger partial charge in [0.1, 0.15) is 13.5 Å². The number of nitrogens with zero attached hydrogens (tertiary/aromatic N) is 4. The number of hydrogen-bond acceptors (Lipinski definition) is 8. The monoisotopic (exact) mass is 424 g/mol. The summed E-state index contributed by atoms with van der Waals surface area (Å²) in [6.07, 6.45) is 0. The predicted molar refractivity (Wildman–Crippen MR) is 97.6 cm³/mol.